The summed E-state index contributed by atoms with van der Waals surface area (Å²) in [5.41, 5.74) is 20.2. The van der Waals surface area contributed by atoms with Crippen LogP contribution in [0, 0.1) is 0 Å². The number of ether oxygens (including phenoxy) is 4. The fourth-order valence-electron chi connectivity index (χ4n) is 19.4. The lowest BCUT2D eigenvalue weighted by atomic mass is 10.0. The highest BCUT2D eigenvalue weighted by atomic mass is 16.5. The van der Waals surface area contributed by atoms with Crippen molar-refractivity contribution in [3.8, 4) is 0 Å². The number of Topliss-reactive ketones (excluding diaryl/α,β-unsaturated/α-hetero) is 8. The van der Waals surface area contributed by atoms with E-state index in [4.69, 9.17) is 18.9 Å². The summed E-state index contributed by atoms with van der Waals surface area (Å²) in [5.74, 6) is 2.99. The molecular formula is C128H110N4O12. The van der Waals surface area contributed by atoms with Gasteiger partial charge in [0.1, 0.15) is 46.1 Å². The standard InChI is InChI=1S/C35H25NO3.C31H23NO3.C30H21NO3.C28H25NO3.4CH4/c1-24-22-26(33-34(37)31-14-8-9-15-32(31)35(33)38)23-30(39-24)21-18-25-16-19-29(20-17-25)36(27-10-4-2-5-11-27)28-12-6-3-7-13-28;1-3-32-27-11-7-6-8-23(27)26-17-20(13-15-28(26)32)12-14-22-18-21(16-19(2)35-22)29-30(33)24-9-4-5-10-25(24)31(29)34;1-18-15-20(28-29(32)23-8-3-4-9-24(23)30(28)33)17-21(34-18)13-11-19-12-14-27-25(16-19)22-7-5-6-10-26(22)31(27)2;1-19-17-21(26-27(30)24-7-3-4-8-25(24)28(26)31)18-23(32-19)14-11-20-9-12-22(13-10-20)29-15-5-2-6-16-29;;;;/h2-23H,1H3;4-18H,3H2,1-2H3;3-17H,1-2H3;3-4,7-14,17-18H,2,5-6,15-16H2,1H3;4*1H4/b21-18+;14-12+;13-11+;14-11+;;;;. The SMILES string of the molecule is C.C.C.C.CC1=CC(=C2C(=O)c3ccccc3C2=O)C=C(/C=C/c2ccc(N(c3ccccc3)c3ccccc3)cc2)O1.CC1=CC(=C2C(=O)c3ccccc3C2=O)C=C(/C=C/c2ccc(N3CCCCC3)cc2)O1.CC1=CC(=C2C(=O)c3ccccc3C2=O)C=C(/C=C/c2ccc3c(c2)c2ccccc2n3C)O1.CCn1c2ccccc2c2cc(/C=C/C3=CC(=C4C(=O)c5ccccc5C4=O)C=C(C)O3)ccc21. The molecular weight excluding hydrogens is 1790 g/mol. The Balaban J connectivity index is 0.000000137. The Hall–Kier alpha value is -17.8. The lowest BCUT2D eigenvalue weighted by Crippen LogP contribution is -2.29. The molecule has 12 aromatic carbocycles. The lowest BCUT2D eigenvalue weighted by Gasteiger charge is -2.28. The Labute approximate surface area is 839 Å². The normalized spacial score (nSPS) is 15.7. The molecule has 2 aromatic heterocycles. The van der Waals surface area contributed by atoms with Crippen LogP contribution in [0.5, 0.6) is 0 Å². The van der Waals surface area contributed by atoms with Crippen LogP contribution in [0.15, 0.2) is 455 Å². The van der Waals surface area contributed by atoms with Crippen LogP contribution in [0.25, 0.3) is 67.9 Å². The monoisotopic (exact) mass is 1890 g/mol. The van der Waals surface area contributed by atoms with Crippen molar-refractivity contribution in [1.29, 1.82) is 0 Å². The van der Waals surface area contributed by atoms with Crippen molar-refractivity contribution in [3.63, 3.8) is 0 Å². The van der Waals surface area contributed by atoms with Crippen LogP contribution in [-0.4, -0.2) is 68.5 Å². The fraction of sp³-hybridized carbons (Fsp3) is 0.125. The van der Waals surface area contributed by atoms with E-state index in [-0.39, 0.29) is 98.3 Å². The summed E-state index contributed by atoms with van der Waals surface area (Å²) in [6.07, 6.45) is 33.3. The maximum Gasteiger partial charge on any atom is 0.198 e. The molecule has 9 aliphatic rings. The number of benzene rings is 12. The van der Waals surface area contributed by atoms with Crippen LogP contribution in [0.4, 0.5) is 22.7 Å². The first kappa shape index (κ1) is 99.3. The molecule has 0 amide bonds. The molecule has 5 aliphatic heterocycles. The quantitative estimate of drug-likeness (QED) is 0.0782. The van der Waals surface area contributed by atoms with E-state index in [2.05, 4.69) is 191 Å². The summed E-state index contributed by atoms with van der Waals surface area (Å²) in [7, 11) is 2.08. The van der Waals surface area contributed by atoms with Gasteiger partial charge in [-0.1, -0.05) is 260 Å². The topological polar surface area (TPSA) is 190 Å². The zero-order chi connectivity index (χ0) is 96.3. The van der Waals surface area contributed by atoms with Crippen LogP contribution >= 0.6 is 0 Å². The first-order chi connectivity index (χ1) is 68.2. The molecule has 16 nitrogen and oxygen atoms in total. The Morgan fingerprint density at radius 1 is 0.271 bits per heavy atom. The zero-order valence-corrected chi connectivity index (χ0v) is 77.9. The number of allylic oxidation sites excluding steroid dienone is 24. The number of anilines is 4. The summed E-state index contributed by atoms with van der Waals surface area (Å²) in [6.45, 7) is 12.6. The smallest absolute Gasteiger partial charge is 0.198 e. The van der Waals surface area contributed by atoms with Crippen LogP contribution in [0.3, 0.4) is 0 Å². The van der Waals surface area contributed by atoms with Gasteiger partial charge in [0.2, 0.25) is 0 Å². The lowest BCUT2D eigenvalue weighted by molar-refractivity contribution is 0.0972. The van der Waals surface area contributed by atoms with Gasteiger partial charge in [0.25, 0.3) is 0 Å². The van der Waals surface area contributed by atoms with Crippen molar-refractivity contribution in [3.05, 3.63) is 522 Å². The maximum atomic E-state index is 13.0. The molecule has 0 bridgehead atoms. The molecule has 714 valence electrons. The highest BCUT2D eigenvalue weighted by molar-refractivity contribution is 6.42. The zero-order valence-electron chi connectivity index (χ0n) is 77.9. The van der Waals surface area contributed by atoms with Crippen LogP contribution in [-0.2, 0) is 32.5 Å². The number of ketones is 8. The number of aromatic nitrogens is 2. The van der Waals surface area contributed by atoms with E-state index in [0.717, 1.165) is 59.0 Å². The van der Waals surface area contributed by atoms with Gasteiger partial charge in [-0.2, -0.15) is 0 Å². The highest BCUT2D eigenvalue weighted by Gasteiger charge is 2.40. The molecule has 1 saturated heterocycles. The van der Waals surface area contributed by atoms with Gasteiger partial charge >= 0.3 is 0 Å². The van der Waals surface area contributed by atoms with Crippen LogP contribution in [0.1, 0.15) is 189 Å². The minimum atomic E-state index is -0.242. The predicted molar refractivity (Wildman–Crippen MR) is 582 cm³/mol. The molecule has 0 atom stereocenters. The Bertz CT molecular complexity index is 7980. The number of para-hydroxylation sites is 4. The summed E-state index contributed by atoms with van der Waals surface area (Å²) in [4.78, 5) is 108. The van der Waals surface area contributed by atoms with Crippen molar-refractivity contribution in [2.75, 3.05) is 22.9 Å². The van der Waals surface area contributed by atoms with E-state index in [1.165, 1.54) is 68.6 Å². The van der Waals surface area contributed by atoms with Gasteiger partial charge in [0.15, 0.2) is 46.3 Å². The van der Waals surface area contributed by atoms with Crippen LogP contribution in [0.2, 0.25) is 0 Å². The second-order valence-corrected chi connectivity index (χ2v) is 35.2. The average Bonchev–Trinajstić information content (AvgIpc) is 1.88. The van der Waals surface area contributed by atoms with E-state index in [9.17, 15) is 38.4 Å². The number of nitrogens with zero attached hydrogens (tertiary/aromatic N) is 4. The summed E-state index contributed by atoms with van der Waals surface area (Å²) < 4.78 is 28.0. The third kappa shape index (κ3) is 19.9. The number of aryl methyl sites for hydroxylation is 2. The van der Waals surface area contributed by atoms with Crippen molar-refractivity contribution in [2.24, 2.45) is 7.05 Å². The second-order valence-electron chi connectivity index (χ2n) is 35.2. The van der Waals surface area contributed by atoms with Crippen molar-refractivity contribution < 1.29 is 57.3 Å². The number of carbonyl (C=O) groups excluding carboxylic acids is 8. The molecule has 7 heterocycles. The molecule has 0 unspecified atom stereocenters. The van der Waals surface area contributed by atoms with E-state index < -0.39 is 0 Å². The number of fused-ring (bicyclic) bond motifs is 10. The molecule has 144 heavy (non-hydrogen) atoms. The molecule has 0 saturated carbocycles. The predicted octanol–water partition coefficient (Wildman–Crippen LogP) is 30.4. The minimum Gasteiger partial charge on any atom is -0.462 e. The first-order valence-electron chi connectivity index (χ1n) is 46.8. The highest BCUT2D eigenvalue weighted by Crippen LogP contribution is 2.42. The van der Waals surface area contributed by atoms with Gasteiger partial charge in [-0.15, -0.1) is 0 Å². The molecule has 16 heteroatoms. The van der Waals surface area contributed by atoms with Gasteiger partial charge in [-0.25, -0.2) is 0 Å². The molecule has 0 radical (unpaired) electrons. The number of hydrogen-bond donors (Lipinski definition) is 0. The summed E-state index contributed by atoms with van der Waals surface area (Å²) in [6, 6.07) is 94.8. The first-order valence-corrected chi connectivity index (χ1v) is 46.8. The van der Waals surface area contributed by atoms with Gasteiger partial charge in [-0.3, -0.25) is 38.4 Å². The van der Waals surface area contributed by atoms with E-state index in [1.807, 2.05) is 113 Å². The van der Waals surface area contributed by atoms with E-state index in [1.54, 1.807) is 146 Å². The molecule has 4 aliphatic carbocycles. The van der Waals surface area contributed by atoms with Gasteiger partial charge in [0.05, 0.1) is 22.3 Å². The number of piperidine rings is 1. The Morgan fingerprint density at radius 2 is 0.535 bits per heavy atom. The molecule has 23 rings (SSSR count). The van der Waals surface area contributed by atoms with Gasteiger partial charge in [0, 0.05) is 138 Å². The summed E-state index contributed by atoms with van der Waals surface area (Å²) in [5, 5.41) is 4.85. The van der Waals surface area contributed by atoms with Gasteiger partial charge < -0.3 is 37.9 Å². The van der Waals surface area contributed by atoms with Crippen LogP contribution < -0.4 is 9.80 Å². The molecule has 0 spiro atoms. The Kier molecular flexibility index (Phi) is 29.6. The van der Waals surface area contributed by atoms with Crippen molar-refractivity contribution in [1.82, 2.24) is 9.13 Å². The third-order valence-corrected chi connectivity index (χ3v) is 26.0. The number of hydrogen-bond acceptors (Lipinski definition) is 14. The van der Waals surface area contributed by atoms with Crippen molar-refractivity contribution in [2.45, 2.75) is 90.1 Å². The molecule has 14 aromatic rings. The molecule has 1 fully saturated rings. The number of carbonyl (C=O) groups is 8. The average molecular weight is 1900 g/mol. The molecule has 0 N–H and O–H groups in total. The van der Waals surface area contributed by atoms with E-state index >= 15 is 0 Å². The van der Waals surface area contributed by atoms with E-state index in [0.29, 0.717) is 113 Å². The number of rotatable bonds is 13. The van der Waals surface area contributed by atoms with Crippen molar-refractivity contribution >= 4 is 137 Å². The third-order valence-electron chi connectivity index (χ3n) is 26.0. The fourth-order valence-corrected chi connectivity index (χ4v) is 19.4. The summed E-state index contributed by atoms with van der Waals surface area (Å²) >= 11 is 0. The Morgan fingerprint density at radius 3 is 0.882 bits per heavy atom. The largest absolute Gasteiger partial charge is 0.462 e. The minimum absolute atomic E-state index is 0. The van der Waals surface area contributed by atoms with Gasteiger partial charge in [-0.05, 0) is 256 Å². The maximum absolute atomic E-state index is 13.0. The second kappa shape index (κ2) is 42.9.